The van der Waals surface area contributed by atoms with E-state index in [4.69, 9.17) is 15.6 Å². The molecular formula is C71H110N4O13S2. The number of carboxylic acid groups (broad SMARTS) is 1. The van der Waals surface area contributed by atoms with Crippen molar-refractivity contribution in [2.45, 2.75) is 263 Å². The highest BCUT2D eigenvalue weighted by Crippen LogP contribution is 2.66. The van der Waals surface area contributed by atoms with E-state index in [-0.39, 0.29) is 136 Å². The first-order valence-electron chi connectivity index (χ1n) is 34.7. The fraction of sp³-hybridized carbons (Fsp3) is 0.803. The largest absolute Gasteiger partial charge is 0.483 e. The molecule has 0 bridgehead atoms. The van der Waals surface area contributed by atoms with Crippen LogP contribution in [0.2, 0.25) is 0 Å². The maximum Gasteiger partial charge on any atom is 0.290 e. The molecule has 3 N–H and O–H groups in total. The molecule has 11 atom stereocenters. The fourth-order valence-corrected chi connectivity index (χ4v) is 18.2. The Kier molecular flexibility index (Phi) is 26.2. The lowest BCUT2D eigenvalue weighted by molar-refractivity contribution is -0.145. The lowest BCUT2D eigenvalue weighted by Gasteiger charge is -2.35. The molecule has 19 heteroatoms. The molecule has 8 aliphatic rings. The third kappa shape index (κ3) is 19.2. The Morgan fingerprint density at radius 1 is 0.667 bits per heavy atom. The van der Waals surface area contributed by atoms with Gasteiger partial charge >= 0.3 is 0 Å². The van der Waals surface area contributed by atoms with Gasteiger partial charge in [0.25, 0.3) is 16.5 Å². The molecule has 0 spiro atoms. The van der Waals surface area contributed by atoms with Crippen molar-refractivity contribution in [3.05, 3.63) is 17.5 Å². The van der Waals surface area contributed by atoms with Crippen LogP contribution in [-0.2, 0) is 58.0 Å². The van der Waals surface area contributed by atoms with E-state index in [0.717, 1.165) is 128 Å². The third-order valence-corrected chi connectivity index (χ3v) is 25.6. The summed E-state index contributed by atoms with van der Waals surface area (Å²) in [5, 5.41) is 8.62. The number of nitrogens with zero attached hydrogens (tertiary/aromatic N) is 3. The van der Waals surface area contributed by atoms with Gasteiger partial charge < -0.3 is 20.6 Å². The van der Waals surface area contributed by atoms with E-state index < -0.39 is 51.7 Å². The van der Waals surface area contributed by atoms with E-state index in [0.29, 0.717) is 62.9 Å². The molecule has 0 radical (unpaired) electrons. The summed E-state index contributed by atoms with van der Waals surface area (Å²) in [7, 11) is -2.13. The van der Waals surface area contributed by atoms with Gasteiger partial charge in [-0.15, -0.1) is 11.3 Å². The molecule has 5 heterocycles. The van der Waals surface area contributed by atoms with Crippen LogP contribution < -0.4 is 5.73 Å². The van der Waals surface area contributed by atoms with E-state index in [1.165, 1.54) is 15.6 Å². The van der Waals surface area contributed by atoms with Crippen LogP contribution >= 0.6 is 11.3 Å². The Morgan fingerprint density at radius 2 is 1.08 bits per heavy atom. The van der Waals surface area contributed by atoms with Crippen LogP contribution in [0.5, 0.6) is 0 Å². The minimum Gasteiger partial charge on any atom is -0.483 e. The number of carbonyl (C=O) groups is 10. The summed E-state index contributed by atoms with van der Waals surface area (Å²) in [5.41, 5.74) is 5.85. The first-order valence-corrected chi connectivity index (χ1v) is 37.0. The monoisotopic (exact) mass is 1290 g/mol. The van der Waals surface area contributed by atoms with E-state index in [1.807, 2.05) is 20.8 Å². The van der Waals surface area contributed by atoms with Crippen molar-refractivity contribution in [1.29, 1.82) is 0 Å². The van der Waals surface area contributed by atoms with Crippen molar-refractivity contribution < 1.29 is 61.5 Å². The van der Waals surface area contributed by atoms with Crippen LogP contribution in [0.25, 0.3) is 0 Å². The maximum absolute atomic E-state index is 14.6. The van der Waals surface area contributed by atoms with Crippen molar-refractivity contribution in [2.24, 2.45) is 81.2 Å². The summed E-state index contributed by atoms with van der Waals surface area (Å²) >= 11 is 1.17. The van der Waals surface area contributed by atoms with Crippen molar-refractivity contribution in [1.82, 2.24) is 14.1 Å². The van der Waals surface area contributed by atoms with E-state index in [2.05, 4.69) is 27.7 Å². The van der Waals surface area contributed by atoms with Gasteiger partial charge in [-0.05, 0) is 108 Å². The summed E-state index contributed by atoms with van der Waals surface area (Å²) in [6, 6.07) is 1.59. The van der Waals surface area contributed by atoms with Crippen molar-refractivity contribution in [3.8, 4) is 0 Å². The van der Waals surface area contributed by atoms with Crippen LogP contribution in [0.4, 0.5) is 0 Å². The second-order valence-electron chi connectivity index (χ2n) is 30.8. The number of carbonyl (C=O) groups excluding carboxylic acids is 9. The first kappa shape index (κ1) is 73.1. The standard InChI is InChI=1S/C42H64N2O7S2.C28H44N2O4.CH2O2/c1-41(2,3)31(26-43(6)53(50,51)36-17-14-22-52-36)25-32(45)23-30-16-13-11-9-7-8-10-12-15-29(39(48)34(46)21-20-28-18-19-28)24-35(47)38-37-33(42(37,4)5)27-44(38)40(30)49;1-28(2)20-17-30-25(24(20)28)23(32)16-19(26(33)22(31)15-14-18-12-13-18)10-8-6-4-3-5-7-9-11-21(29)27(30)34;2-1-3/h14,17,22,28-31,33,37-38H,7-13,15-16,18-21,23-27H2,1-6H3;18-21,24-25H,3-17,29H2,1-2H3;1H,(H,2,3)/t29-,30-,31-,33+,37+,38-;19-,20+,21+,24+,25-;/m11./s1. The predicted molar refractivity (Wildman–Crippen MR) is 347 cm³/mol. The number of sulfonamides is 1. The zero-order valence-corrected chi connectivity index (χ0v) is 57.4. The van der Waals surface area contributed by atoms with Gasteiger partial charge in [-0.2, -0.15) is 4.31 Å². The highest BCUT2D eigenvalue weighted by molar-refractivity contribution is 7.91. The van der Waals surface area contributed by atoms with Crippen LogP contribution in [0.15, 0.2) is 21.7 Å². The molecule has 0 unspecified atom stereocenters. The molecule has 504 valence electrons. The number of thiophene rings is 1. The maximum atomic E-state index is 14.6. The second kappa shape index (κ2) is 32.2. The summed E-state index contributed by atoms with van der Waals surface area (Å²) in [4.78, 5) is 134. The zero-order valence-electron chi connectivity index (χ0n) is 55.7. The number of hydrogen-bond acceptors (Lipinski definition) is 14. The van der Waals surface area contributed by atoms with Gasteiger partial charge in [-0.1, -0.05) is 170 Å². The minimum absolute atomic E-state index is 0.00149. The van der Waals surface area contributed by atoms with Gasteiger partial charge in [-0.25, -0.2) is 8.42 Å². The van der Waals surface area contributed by atoms with Gasteiger partial charge in [0.2, 0.25) is 23.4 Å². The SMILES string of the molecule is CC1(C)[C@@H]2[C@H]3C(=O)C[C@H](C(=O)C(=O)CCC4CC4)CCCCCCCCC[C@H](N)C(=O)N3C[C@@H]21.CN(C[C@@H](CC(=O)C[C@H]1CCCCCCCCC[C@@H](C(=O)C(=O)CCC2CC2)CC(=O)[C@@H]2[C@@H]3[C@H](CN2C1=O)C3(C)C)C(C)(C)C)S(=O)(=O)c1cccs1.O=CO. The average molecular weight is 1290 g/mol. The van der Waals surface area contributed by atoms with Crippen molar-refractivity contribution in [2.75, 3.05) is 26.7 Å². The summed E-state index contributed by atoms with van der Waals surface area (Å²) < 4.78 is 28.1. The molecule has 2 amide bonds. The Morgan fingerprint density at radius 3 is 1.49 bits per heavy atom. The van der Waals surface area contributed by atoms with Crippen molar-refractivity contribution >= 4 is 80.1 Å². The number of hydrogen-bond donors (Lipinski definition) is 2. The first-order chi connectivity index (χ1) is 42.6. The molecule has 90 heavy (non-hydrogen) atoms. The highest BCUT2D eigenvalue weighted by atomic mass is 32.2. The van der Waals surface area contributed by atoms with Crippen LogP contribution in [0.1, 0.15) is 241 Å². The quantitative estimate of drug-likeness (QED) is 0.102. The van der Waals surface area contributed by atoms with Crippen LogP contribution in [0, 0.1) is 75.4 Å². The molecule has 0 aromatic carbocycles. The fourth-order valence-electron chi connectivity index (χ4n) is 15.8. The molecule has 4 aliphatic carbocycles. The van der Waals surface area contributed by atoms with E-state index in [1.54, 1.807) is 34.4 Å². The minimum atomic E-state index is -3.69. The number of piperidine rings is 2. The molecule has 9 rings (SSSR count). The Labute approximate surface area is 541 Å². The summed E-state index contributed by atoms with van der Waals surface area (Å²) in [5.74, 6) is -2.16. The molecular weight excluding hydrogens is 1180 g/mol. The summed E-state index contributed by atoms with van der Waals surface area (Å²) in [6.45, 7) is 15.6. The second-order valence-corrected chi connectivity index (χ2v) is 34.0. The van der Waals surface area contributed by atoms with Gasteiger partial charge in [0.05, 0.1) is 18.1 Å². The van der Waals surface area contributed by atoms with Gasteiger partial charge in [0, 0.05) is 83.0 Å². The molecule has 1 aromatic heterocycles. The van der Waals surface area contributed by atoms with Gasteiger partial charge in [0.15, 0.2) is 23.1 Å². The normalized spacial score (nSPS) is 29.8. The third-order valence-electron chi connectivity index (χ3n) is 22.4. The smallest absolute Gasteiger partial charge is 0.290 e. The molecule has 17 nitrogen and oxygen atoms in total. The molecule has 4 aliphatic heterocycles. The topological polar surface area (TPSA) is 261 Å². The Bertz CT molecular complexity index is 2800. The Balaban J connectivity index is 0.000000267. The average Bonchev–Trinajstić information content (AvgIpc) is 1.54. The van der Waals surface area contributed by atoms with Crippen LogP contribution in [0.3, 0.4) is 0 Å². The molecule has 8 fully saturated rings. The number of rotatable bonds is 18. The van der Waals surface area contributed by atoms with Crippen LogP contribution in [-0.4, -0.2) is 131 Å². The highest BCUT2D eigenvalue weighted by Gasteiger charge is 2.70. The zero-order chi connectivity index (χ0) is 65.9. The number of nitrogens with two attached hydrogens (primary N) is 1. The molecule has 4 saturated heterocycles. The van der Waals surface area contributed by atoms with Crippen molar-refractivity contribution in [3.63, 3.8) is 0 Å². The molecule has 1 aromatic rings. The lowest BCUT2D eigenvalue weighted by Crippen LogP contribution is -2.52. The van der Waals surface area contributed by atoms with E-state index >= 15 is 0 Å². The van der Waals surface area contributed by atoms with Gasteiger partial charge in [-0.3, -0.25) is 47.9 Å². The number of fused-ring (bicyclic) bond motifs is 6. The summed E-state index contributed by atoms with van der Waals surface area (Å²) in [6.07, 6.45) is 23.2. The number of Topliss-reactive ketones (excluding diaryl/α,β-unsaturated/α-hetero) is 7. The van der Waals surface area contributed by atoms with Gasteiger partial charge in [0.1, 0.15) is 9.99 Å². The van der Waals surface area contributed by atoms with E-state index in [9.17, 15) is 51.6 Å². The number of ketones is 7. The number of amides is 2. The molecule has 4 saturated carbocycles. The Hall–Kier alpha value is -4.33. The predicted octanol–water partition coefficient (Wildman–Crippen LogP) is 11.8. The lowest BCUT2D eigenvalue weighted by atomic mass is 9.76.